The molecule has 1 aromatic carbocycles. The molecule has 0 aliphatic heterocycles. The van der Waals surface area contributed by atoms with Crippen LogP contribution in [0.3, 0.4) is 0 Å². The van der Waals surface area contributed by atoms with Crippen LogP contribution in [0.1, 0.15) is 23.0 Å². The highest BCUT2D eigenvalue weighted by Gasteiger charge is 2.23. The van der Waals surface area contributed by atoms with Crippen molar-refractivity contribution < 1.29 is 9.47 Å². The summed E-state index contributed by atoms with van der Waals surface area (Å²) in [4.78, 5) is 24.0. The van der Waals surface area contributed by atoms with Crippen LogP contribution < -0.4 is 31.9 Å². The van der Waals surface area contributed by atoms with Crippen LogP contribution >= 0.6 is 0 Å². The molecule has 174 valence electrons. The predicted molar refractivity (Wildman–Crippen MR) is 127 cm³/mol. The average Bonchev–Trinajstić information content (AvgIpc) is 3.23. The zero-order valence-electron chi connectivity index (χ0n) is 18.4. The maximum Gasteiger partial charge on any atom is 0.349 e. The molecule has 34 heavy (non-hydrogen) atoms. The molecule has 4 aromatic rings. The van der Waals surface area contributed by atoms with Crippen LogP contribution in [0, 0.1) is 5.41 Å². The minimum Gasteiger partial charge on any atom is -0.481 e. The fourth-order valence-corrected chi connectivity index (χ4v) is 3.30. The van der Waals surface area contributed by atoms with Gasteiger partial charge in [0.15, 0.2) is 11.6 Å². The lowest BCUT2D eigenvalue weighted by atomic mass is 10.1. The molecule has 0 fully saturated rings. The Bertz CT molecular complexity index is 1360. The van der Waals surface area contributed by atoms with Crippen molar-refractivity contribution in [2.75, 3.05) is 25.3 Å². The number of hydrogen-bond acceptors (Lipinski definition) is 9. The number of nitrogens with one attached hydrogen (secondary N) is 3. The van der Waals surface area contributed by atoms with Gasteiger partial charge in [-0.05, 0) is 42.0 Å². The Morgan fingerprint density at radius 3 is 2.41 bits per heavy atom. The van der Waals surface area contributed by atoms with Crippen molar-refractivity contribution in [3.8, 4) is 17.6 Å². The molecule has 0 spiro atoms. The highest BCUT2D eigenvalue weighted by Crippen LogP contribution is 2.29. The van der Waals surface area contributed by atoms with Crippen LogP contribution in [0.4, 0.5) is 11.4 Å². The number of nitrogens with two attached hydrogens (primary N) is 2. The number of aromatic nitrogens is 5. The van der Waals surface area contributed by atoms with Crippen molar-refractivity contribution in [3.05, 3.63) is 82.2 Å². The molecule has 0 aliphatic carbocycles. The quantitative estimate of drug-likeness (QED) is 0.191. The van der Waals surface area contributed by atoms with E-state index in [-0.39, 0.29) is 11.7 Å². The van der Waals surface area contributed by atoms with Gasteiger partial charge >= 0.3 is 5.69 Å². The van der Waals surface area contributed by atoms with Crippen LogP contribution in [-0.2, 0) is 0 Å². The van der Waals surface area contributed by atoms with Crippen molar-refractivity contribution in [2.45, 2.75) is 6.04 Å². The molecule has 0 amide bonds. The number of ether oxygens (including phenoxy) is 2. The summed E-state index contributed by atoms with van der Waals surface area (Å²) in [6.07, 6.45) is 1.53. The minimum atomic E-state index is -0.645. The first kappa shape index (κ1) is 22.3. The molecule has 0 bridgehead atoms. The van der Waals surface area contributed by atoms with Crippen LogP contribution in [0.5, 0.6) is 11.8 Å². The van der Waals surface area contributed by atoms with Gasteiger partial charge in [0, 0.05) is 29.6 Å². The van der Waals surface area contributed by atoms with Gasteiger partial charge in [0.25, 0.3) is 0 Å². The van der Waals surface area contributed by atoms with E-state index in [1.807, 2.05) is 0 Å². The summed E-state index contributed by atoms with van der Waals surface area (Å²) in [5.74, 6) is 1.11. The number of pyridine rings is 2. The van der Waals surface area contributed by atoms with Crippen molar-refractivity contribution in [1.29, 1.82) is 5.41 Å². The standard InChI is InChI=1S/C22H23N9O3/c1-33-16-10-13(11-17(28-16)34-2)18(27-14-7-5-12(6-8-14)19(24)25)20-29-22(32)31(30-20)21-15(23)4-3-9-26-21/h3-11,18,27H,23H2,1-2H3,(H3,24,25)(H,29,30,32). The molecule has 4 rings (SSSR count). The second kappa shape index (κ2) is 9.32. The highest BCUT2D eigenvalue weighted by molar-refractivity contribution is 5.95. The Kier molecular flexibility index (Phi) is 6.12. The average molecular weight is 461 g/mol. The zero-order valence-corrected chi connectivity index (χ0v) is 18.4. The van der Waals surface area contributed by atoms with Gasteiger partial charge in [0.1, 0.15) is 11.9 Å². The second-order valence-corrected chi connectivity index (χ2v) is 7.20. The second-order valence-electron chi connectivity index (χ2n) is 7.20. The number of hydrogen-bond donors (Lipinski definition) is 5. The number of methoxy groups -OCH3 is 2. The molecule has 0 saturated heterocycles. The molecule has 0 radical (unpaired) electrons. The molecular weight excluding hydrogens is 438 g/mol. The summed E-state index contributed by atoms with van der Waals surface area (Å²) < 4.78 is 11.7. The maximum atomic E-state index is 12.8. The Balaban J connectivity index is 1.82. The SMILES string of the molecule is COc1cc(C(Nc2ccc(C(=N)N)cc2)c2nn(-c3ncccc3N)c(=O)[nH]2)cc(OC)n1. The molecule has 3 heterocycles. The van der Waals surface area contributed by atoms with Gasteiger partial charge in [-0.2, -0.15) is 9.67 Å². The molecular formula is C22H23N9O3. The van der Waals surface area contributed by atoms with Crippen LogP contribution in [-0.4, -0.2) is 44.8 Å². The Morgan fingerprint density at radius 1 is 1.15 bits per heavy atom. The first-order valence-electron chi connectivity index (χ1n) is 10.1. The number of nitrogen functional groups attached to an aromatic ring is 2. The van der Waals surface area contributed by atoms with Crippen molar-refractivity contribution >= 4 is 17.2 Å². The Morgan fingerprint density at radius 2 is 1.82 bits per heavy atom. The third-order valence-electron chi connectivity index (χ3n) is 4.99. The van der Waals surface area contributed by atoms with Crippen LogP contribution in [0.25, 0.3) is 5.82 Å². The Labute approximate surface area is 194 Å². The molecule has 0 saturated carbocycles. The number of anilines is 2. The van der Waals surface area contributed by atoms with E-state index < -0.39 is 11.7 Å². The lowest BCUT2D eigenvalue weighted by Crippen LogP contribution is -2.18. The number of nitrogens with zero attached hydrogens (tertiary/aromatic N) is 4. The minimum absolute atomic E-state index is 0.0391. The van der Waals surface area contributed by atoms with Gasteiger partial charge in [0.05, 0.1) is 19.9 Å². The third-order valence-corrected chi connectivity index (χ3v) is 4.99. The number of benzene rings is 1. The molecule has 7 N–H and O–H groups in total. The van der Waals surface area contributed by atoms with E-state index in [9.17, 15) is 4.79 Å². The van der Waals surface area contributed by atoms with Gasteiger partial charge in [0.2, 0.25) is 11.8 Å². The largest absolute Gasteiger partial charge is 0.481 e. The zero-order chi connectivity index (χ0) is 24.2. The molecule has 1 unspecified atom stereocenters. The number of aromatic amines is 1. The Hall–Kier alpha value is -4.87. The summed E-state index contributed by atoms with van der Waals surface area (Å²) in [7, 11) is 2.99. The van der Waals surface area contributed by atoms with E-state index in [0.717, 1.165) is 4.68 Å². The summed E-state index contributed by atoms with van der Waals surface area (Å²) in [6.45, 7) is 0. The lowest BCUT2D eigenvalue weighted by molar-refractivity contribution is 0.363. The summed E-state index contributed by atoms with van der Waals surface area (Å²) in [5, 5.41) is 15.4. The van der Waals surface area contributed by atoms with E-state index in [0.29, 0.717) is 40.1 Å². The third kappa shape index (κ3) is 4.50. The number of rotatable bonds is 8. The van der Waals surface area contributed by atoms with Gasteiger partial charge in [-0.1, -0.05) is 0 Å². The highest BCUT2D eigenvalue weighted by atomic mass is 16.5. The molecule has 1 atom stereocenters. The van der Waals surface area contributed by atoms with Crippen molar-refractivity contribution in [2.24, 2.45) is 5.73 Å². The molecule has 12 heteroatoms. The topological polar surface area (TPSA) is 183 Å². The van der Waals surface area contributed by atoms with Gasteiger partial charge in [-0.15, -0.1) is 5.10 Å². The lowest BCUT2D eigenvalue weighted by Gasteiger charge is -2.19. The van der Waals surface area contributed by atoms with Crippen molar-refractivity contribution in [1.82, 2.24) is 24.7 Å². The summed E-state index contributed by atoms with van der Waals surface area (Å²) in [6, 6.07) is 13.0. The van der Waals surface area contributed by atoms with Crippen LogP contribution in [0.2, 0.25) is 0 Å². The van der Waals surface area contributed by atoms with E-state index in [4.69, 9.17) is 26.4 Å². The molecule has 0 aliphatic rings. The molecule has 3 aromatic heterocycles. The predicted octanol–water partition coefficient (Wildman–Crippen LogP) is 1.44. The van der Waals surface area contributed by atoms with E-state index in [2.05, 4.69) is 25.4 Å². The van der Waals surface area contributed by atoms with E-state index in [1.165, 1.54) is 20.4 Å². The van der Waals surface area contributed by atoms with Gasteiger partial charge in [-0.3, -0.25) is 10.4 Å². The number of H-pyrrole nitrogens is 1. The van der Waals surface area contributed by atoms with Gasteiger partial charge in [-0.25, -0.2) is 9.78 Å². The molecule has 12 nitrogen and oxygen atoms in total. The smallest absolute Gasteiger partial charge is 0.349 e. The van der Waals surface area contributed by atoms with E-state index in [1.54, 1.807) is 48.5 Å². The first-order chi connectivity index (χ1) is 16.4. The van der Waals surface area contributed by atoms with Gasteiger partial charge < -0.3 is 26.3 Å². The normalized spacial score (nSPS) is 11.6. The van der Waals surface area contributed by atoms with Crippen LogP contribution in [0.15, 0.2) is 59.5 Å². The monoisotopic (exact) mass is 461 g/mol. The fourth-order valence-electron chi connectivity index (χ4n) is 3.30. The first-order valence-corrected chi connectivity index (χ1v) is 10.1. The summed E-state index contributed by atoms with van der Waals surface area (Å²) in [5.41, 5.74) is 13.3. The number of amidine groups is 1. The summed E-state index contributed by atoms with van der Waals surface area (Å²) >= 11 is 0. The van der Waals surface area contributed by atoms with E-state index >= 15 is 0 Å². The fraction of sp³-hybridized carbons (Fsp3) is 0.136. The maximum absolute atomic E-state index is 12.8. The van der Waals surface area contributed by atoms with Crippen molar-refractivity contribution in [3.63, 3.8) is 0 Å².